The quantitative estimate of drug-likeness (QED) is 0.848. The van der Waals surface area contributed by atoms with Crippen LogP contribution < -0.4 is 5.32 Å². The minimum atomic E-state index is -0.102. The Bertz CT molecular complexity index is 344. The Labute approximate surface area is 96.7 Å². The first-order chi connectivity index (χ1) is 7.50. The van der Waals surface area contributed by atoms with Gasteiger partial charge in [-0.2, -0.15) is 0 Å². The molecule has 0 radical (unpaired) electrons. The first-order valence-electron chi connectivity index (χ1n) is 5.40. The van der Waals surface area contributed by atoms with Crippen molar-refractivity contribution in [3.63, 3.8) is 0 Å². The number of amides is 2. The number of aromatic nitrogens is 1. The van der Waals surface area contributed by atoms with Gasteiger partial charge in [-0.15, -0.1) is 0 Å². The van der Waals surface area contributed by atoms with E-state index >= 15 is 0 Å². The zero-order valence-corrected chi connectivity index (χ0v) is 10.3. The summed E-state index contributed by atoms with van der Waals surface area (Å²) >= 11 is 0. The van der Waals surface area contributed by atoms with Crippen LogP contribution >= 0.6 is 0 Å². The molecule has 0 aliphatic heterocycles. The summed E-state index contributed by atoms with van der Waals surface area (Å²) in [6.07, 6.45) is 1.86. The second kappa shape index (κ2) is 5.49. The van der Waals surface area contributed by atoms with Gasteiger partial charge >= 0.3 is 6.03 Å². The Morgan fingerprint density at radius 2 is 2.12 bits per heavy atom. The molecule has 1 N–H and O–H groups in total. The van der Waals surface area contributed by atoms with Crippen molar-refractivity contribution in [3.05, 3.63) is 29.6 Å². The van der Waals surface area contributed by atoms with Crippen molar-refractivity contribution < 1.29 is 4.79 Å². The predicted molar refractivity (Wildman–Crippen MR) is 64.2 cm³/mol. The minimum Gasteiger partial charge on any atom is -0.332 e. The van der Waals surface area contributed by atoms with Crippen molar-refractivity contribution in [2.45, 2.75) is 26.3 Å². The topological polar surface area (TPSA) is 45.2 Å². The molecule has 0 spiro atoms. The number of urea groups is 1. The van der Waals surface area contributed by atoms with Gasteiger partial charge in [0, 0.05) is 20.3 Å². The van der Waals surface area contributed by atoms with Crippen molar-refractivity contribution >= 4 is 6.03 Å². The molecule has 0 saturated carbocycles. The summed E-state index contributed by atoms with van der Waals surface area (Å²) in [7, 11) is 3.43. The van der Waals surface area contributed by atoms with E-state index in [9.17, 15) is 4.79 Å². The van der Waals surface area contributed by atoms with E-state index in [1.807, 2.05) is 12.3 Å². The fraction of sp³-hybridized carbons (Fsp3) is 0.500. The van der Waals surface area contributed by atoms with Crippen LogP contribution in [0, 0.1) is 0 Å². The van der Waals surface area contributed by atoms with Gasteiger partial charge in [0.1, 0.15) is 0 Å². The summed E-state index contributed by atoms with van der Waals surface area (Å²) in [5.74, 6) is 0.484. The first kappa shape index (κ1) is 12.5. The number of hydrogen-bond donors (Lipinski definition) is 1. The van der Waals surface area contributed by atoms with Gasteiger partial charge in [0.2, 0.25) is 0 Å². The lowest BCUT2D eigenvalue weighted by Gasteiger charge is -2.12. The molecule has 0 aromatic carbocycles. The predicted octanol–water partition coefficient (Wildman–Crippen LogP) is 1.98. The monoisotopic (exact) mass is 221 g/mol. The third kappa shape index (κ3) is 3.53. The molecule has 0 saturated heterocycles. The Morgan fingerprint density at radius 1 is 1.44 bits per heavy atom. The molecule has 1 aromatic heterocycles. The number of nitrogens with zero attached hydrogens (tertiary/aromatic N) is 2. The lowest BCUT2D eigenvalue weighted by molar-refractivity contribution is 0.217. The number of carbonyl (C=O) groups is 1. The fourth-order valence-electron chi connectivity index (χ4n) is 1.21. The Balaban J connectivity index is 2.53. The molecule has 1 rings (SSSR count). The van der Waals surface area contributed by atoms with Crippen LogP contribution in [0.4, 0.5) is 4.79 Å². The van der Waals surface area contributed by atoms with Gasteiger partial charge in [0.05, 0.1) is 12.2 Å². The summed E-state index contributed by atoms with van der Waals surface area (Å²) in [6, 6.07) is 3.90. The Kier molecular flexibility index (Phi) is 4.28. The van der Waals surface area contributed by atoms with Gasteiger partial charge in [-0.1, -0.05) is 19.9 Å². The van der Waals surface area contributed by atoms with Crippen molar-refractivity contribution in [1.29, 1.82) is 0 Å². The van der Waals surface area contributed by atoms with E-state index in [1.54, 1.807) is 14.1 Å². The molecule has 4 nitrogen and oxygen atoms in total. The second-order valence-corrected chi connectivity index (χ2v) is 4.29. The highest BCUT2D eigenvalue weighted by molar-refractivity contribution is 5.73. The average Bonchev–Trinajstić information content (AvgIpc) is 2.26. The maximum Gasteiger partial charge on any atom is 0.317 e. The largest absolute Gasteiger partial charge is 0.332 e. The van der Waals surface area contributed by atoms with Gasteiger partial charge in [-0.25, -0.2) is 4.79 Å². The SMILES string of the molecule is CC(C)c1ccc(CNC(=O)N(C)C)nc1. The van der Waals surface area contributed by atoms with Gasteiger partial charge in [-0.05, 0) is 17.5 Å². The molecule has 0 unspecified atom stereocenters. The van der Waals surface area contributed by atoms with Crippen LogP contribution in [-0.2, 0) is 6.54 Å². The van der Waals surface area contributed by atoms with Crippen LogP contribution in [0.5, 0.6) is 0 Å². The third-order valence-corrected chi connectivity index (χ3v) is 2.34. The maximum atomic E-state index is 11.3. The number of rotatable bonds is 3. The van der Waals surface area contributed by atoms with E-state index in [2.05, 4.69) is 30.2 Å². The normalized spacial score (nSPS) is 10.3. The maximum absolute atomic E-state index is 11.3. The van der Waals surface area contributed by atoms with E-state index in [0.29, 0.717) is 12.5 Å². The van der Waals surface area contributed by atoms with Gasteiger partial charge in [0.15, 0.2) is 0 Å². The highest BCUT2D eigenvalue weighted by Gasteiger charge is 2.04. The molecule has 0 aliphatic rings. The van der Waals surface area contributed by atoms with E-state index in [-0.39, 0.29) is 6.03 Å². The number of pyridine rings is 1. The molecule has 1 heterocycles. The van der Waals surface area contributed by atoms with E-state index in [4.69, 9.17) is 0 Å². The molecule has 0 atom stereocenters. The molecule has 1 aromatic rings. The highest BCUT2D eigenvalue weighted by Crippen LogP contribution is 2.12. The zero-order chi connectivity index (χ0) is 12.1. The van der Waals surface area contributed by atoms with Gasteiger partial charge in [0.25, 0.3) is 0 Å². The van der Waals surface area contributed by atoms with Crippen LogP contribution in [0.15, 0.2) is 18.3 Å². The standard InChI is InChI=1S/C12H19N3O/c1-9(2)10-5-6-11(13-7-10)8-14-12(16)15(3)4/h5-7,9H,8H2,1-4H3,(H,14,16). The molecular formula is C12H19N3O. The molecule has 0 bridgehead atoms. The van der Waals surface area contributed by atoms with E-state index in [0.717, 1.165) is 5.69 Å². The van der Waals surface area contributed by atoms with Crippen molar-refractivity contribution in [2.24, 2.45) is 0 Å². The summed E-state index contributed by atoms with van der Waals surface area (Å²) in [6.45, 7) is 4.73. The molecular weight excluding hydrogens is 202 g/mol. The van der Waals surface area contributed by atoms with Crippen LogP contribution in [0.3, 0.4) is 0 Å². The lowest BCUT2D eigenvalue weighted by Crippen LogP contribution is -2.34. The van der Waals surface area contributed by atoms with E-state index in [1.165, 1.54) is 10.5 Å². The van der Waals surface area contributed by atoms with E-state index < -0.39 is 0 Å². The van der Waals surface area contributed by atoms with Crippen molar-refractivity contribution in [3.8, 4) is 0 Å². The number of nitrogens with one attached hydrogen (secondary N) is 1. The van der Waals surface area contributed by atoms with Crippen LogP contribution in [0.25, 0.3) is 0 Å². The summed E-state index contributed by atoms with van der Waals surface area (Å²) < 4.78 is 0. The molecule has 0 aliphatic carbocycles. The molecule has 4 heteroatoms. The number of hydrogen-bond acceptors (Lipinski definition) is 2. The van der Waals surface area contributed by atoms with Gasteiger partial charge in [-0.3, -0.25) is 4.98 Å². The summed E-state index contributed by atoms with van der Waals surface area (Å²) in [5, 5.41) is 2.77. The fourth-order valence-corrected chi connectivity index (χ4v) is 1.21. The van der Waals surface area contributed by atoms with Gasteiger partial charge < -0.3 is 10.2 Å². The van der Waals surface area contributed by atoms with Crippen LogP contribution in [0.2, 0.25) is 0 Å². The van der Waals surface area contributed by atoms with Crippen LogP contribution in [0.1, 0.15) is 31.0 Å². The molecule has 88 valence electrons. The average molecular weight is 221 g/mol. The second-order valence-electron chi connectivity index (χ2n) is 4.29. The zero-order valence-electron chi connectivity index (χ0n) is 10.3. The smallest absolute Gasteiger partial charge is 0.317 e. The number of carbonyl (C=O) groups excluding carboxylic acids is 1. The van der Waals surface area contributed by atoms with Crippen molar-refractivity contribution in [1.82, 2.24) is 15.2 Å². The Morgan fingerprint density at radius 3 is 2.56 bits per heavy atom. The van der Waals surface area contributed by atoms with Crippen LogP contribution in [-0.4, -0.2) is 30.0 Å². The lowest BCUT2D eigenvalue weighted by atomic mass is 10.1. The summed E-state index contributed by atoms with van der Waals surface area (Å²) in [5.41, 5.74) is 2.09. The third-order valence-electron chi connectivity index (χ3n) is 2.34. The molecule has 0 fully saturated rings. The molecule has 2 amide bonds. The summed E-state index contributed by atoms with van der Waals surface area (Å²) in [4.78, 5) is 17.1. The minimum absolute atomic E-state index is 0.102. The van der Waals surface area contributed by atoms with Crippen molar-refractivity contribution in [2.75, 3.05) is 14.1 Å². The first-order valence-corrected chi connectivity index (χ1v) is 5.40. The highest BCUT2D eigenvalue weighted by atomic mass is 16.2. The molecule has 16 heavy (non-hydrogen) atoms. The Hall–Kier alpha value is -1.58.